The van der Waals surface area contributed by atoms with Crippen LogP contribution in [0, 0.1) is 0 Å². The molecule has 2 N–H and O–H groups in total. The maximum atomic E-state index is 12.8. The lowest BCUT2D eigenvalue weighted by molar-refractivity contribution is 0.198. The van der Waals surface area contributed by atoms with E-state index in [-0.39, 0.29) is 16.0 Å². The third-order valence-corrected chi connectivity index (χ3v) is 7.35. The van der Waals surface area contributed by atoms with Gasteiger partial charge in [-0.15, -0.1) is 0 Å². The summed E-state index contributed by atoms with van der Waals surface area (Å²) in [6.07, 6.45) is 3.69. The number of nitrogens with one attached hydrogen (secondary N) is 1. The van der Waals surface area contributed by atoms with Crippen LogP contribution in [0.2, 0.25) is 5.02 Å². The van der Waals surface area contributed by atoms with Gasteiger partial charge in [0.1, 0.15) is 4.90 Å². The number of nitrogens with zero attached hydrogens (tertiary/aromatic N) is 1. The van der Waals surface area contributed by atoms with E-state index in [0.717, 1.165) is 37.5 Å². The average Bonchev–Trinajstić information content (AvgIpc) is 3.08. The number of para-hydroxylation sites is 1. The summed E-state index contributed by atoms with van der Waals surface area (Å²) in [6.45, 7) is 0. The highest BCUT2D eigenvalue weighted by atomic mass is 35.5. The molecule has 8 heteroatoms. The number of aromatic nitrogens is 1. The number of sulfonamides is 1. The molecule has 1 aliphatic carbocycles. The first-order chi connectivity index (χ1) is 13.9. The van der Waals surface area contributed by atoms with E-state index in [1.165, 1.54) is 16.7 Å². The van der Waals surface area contributed by atoms with Gasteiger partial charge in [0, 0.05) is 17.0 Å². The molecule has 0 spiro atoms. The second-order valence-corrected chi connectivity index (χ2v) is 9.40. The Morgan fingerprint density at radius 2 is 1.79 bits per heavy atom. The van der Waals surface area contributed by atoms with Gasteiger partial charge in [-0.3, -0.25) is 0 Å². The molecule has 0 atom stereocenters. The maximum absolute atomic E-state index is 12.8. The number of rotatable bonds is 4. The molecule has 0 bridgehead atoms. The van der Waals surface area contributed by atoms with Crippen LogP contribution in [-0.4, -0.2) is 30.2 Å². The largest absolute Gasteiger partial charge is 0.464 e. The van der Waals surface area contributed by atoms with Crippen molar-refractivity contribution in [3.63, 3.8) is 0 Å². The van der Waals surface area contributed by atoms with Crippen LogP contribution >= 0.6 is 11.6 Å². The third-order valence-electron chi connectivity index (χ3n) is 5.35. The summed E-state index contributed by atoms with van der Waals surface area (Å²) < 4.78 is 29.5. The standard InChI is InChI=1S/C21H21ClN2O4S/c22-17-12-15(19-13-14-6-4-5-9-18(14)24(19)21(25)26)10-11-20(17)29(27,28)23-16-7-2-1-3-8-16/h4-6,9-13,16,23H,1-3,7-8H2,(H,25,26). The van der Waals surface area contributed by atoms with Crippen LogP contribution in [0.5, 0.6) is 0 Å². The number of carboxylic acid groups (broad SMARTS) is 1. The summed E-state index contributed by atoms with van der Waals surface area (Å²) in [4.78, 5) is 11.8. The minimum absolute atomic E-state index is 0.00600. The molecule has 1 fully saturated rings. The predicted molar refractivity (Wildman–Crippen MR) is 113 cm³/mol. The SMILES string of the molecule is O=C(O)n1c(-c2ccc(S(=O)(=O)NC3CCCCC3)c(Cl)c2)cc2ccccc21. The van der Waals surface area contributed by atoms with Crippen molar-refractivity contribution in [1.29, 1.82) is 0 Å². The molecule has 1 heterocycles. The van der Waals surface area contributed by atoms with Crippen molar-refractivity contribution in [1.82, 2.24) is 9.29 Å². The van der Waals surface area contributed by atoms with Crippen molar-refractivity contribution in [3.8, 4) is 11.3 Å². The van der Waals surface area contributed by atoms with Gasteiger partial charge in [0.05, 0.1) is 16.2 Å². The monoisotopic (exact) mass is 432 g/mol. The van der Waals surface area contributed by atoms with Gasteiger partial charge in [0.15, 0.2) is 0 Å². The number of halogens is 1. The Morgan fingerprint density at radius 3 is 2.48 bits per heavy atom. The average molecular weight is 433 g/mol. The molecule has 0 aliphatic heterocycles. The van der Waals surface area contributed by atoms with E-state index >= 15 is 0 Å². The molecule has 152 valence electrons. The molecule has 3 aromatic rings. The summed E-state index contributed by atoms with van der Waals surface area (Å²) >= 11 is 6.34. The fourth-order valence-corrected chi connectivity index (χ4v) is 5.80. The number of fused-ring (bicyclic) bond motifs is 1. The van der Waals surface area contributed by atoms with Gasteiger partial charge in [-0.05, 0) is 37.1 Å². The molecule has 0 amide bonds. The summed E-state index contributed by atoms with van der Waals surface area (Å²) in [6, 6.07) is 13.4. The fraction of sp³-hybridized carbons (Fsp3) is 0.286. The van der Waals surface area contributed by atoms with Gasteiger partial charge >= 0.3 is 6.09 Å². The molecule has 0 unspecified atom stereocenters. The number of carbonyl (C=O) groups is 1. The van der Waals surface area contributed by atoms with Gasteiger partial charge in [-0.25, -0.2) is 22.5 Å². The summed E-state index contributed by atoms with van der Waals surface area (Å²) in [5, 5.41) is 10.5. The normalized spacial score (nSPS) is 15.6. The first-order valence-electron chi connectivity index (χ1n) is 9.53. The van der Waals surface area contributed by atoms with Crippen LogP contribution in [-0.2, 0) is 10.0 Å². The molecule has 4 rings (SSSR count). The van der Waals surface area contributed by atoms with Gasteiger partial charge in [-0.1, -0.05) is 55.1 Å². The van der Waals surface area contributed by atoms with Crippen molar-refractivity contribution < 1.29 is 18.3 Å². The van der Waals surface area contributed by atoms with Crippen molar-refractivity contribution in [2.45, 2.75) is 43.0 Å². The van der Waals surface area contributed by atoms with Gasteiger partial charge in [0.25, 0.3) is 0 Å². The van der Waals surface area contributed by atoms with Crippen LogP contribution < -0.4 is 4.72 Å². The lowest BCUT2D eigenvalue weighted by Crippen LogP contribution is -2.36. The lowest BCUT2D eigenvalue weighted by Gasteiger charge is -2.23. The zero-order valence-electron chi connectivity index (χ0n) is 15.6. The first kappa shape index (κ1) is 19.9. The quantitative estimate of drug-likeness (QED) is 0.600. The zero-order chi connectivity index (χ0) is 20.6. The molecule has 0 saturated heterocycles. The Bertz CT molecular complexity index is 1180. The Labute approximate surface area is 174 Å². The minimum Gasteiger partial charge on any atom is -0.464 e. The smallest absolute Gasteiger partial charge is 0.416 e. The third kappa shape index (κ3) is 3.90. The van der Waals surface area contributed by atoms with Crippen LogP contribution in [0.1, 0.15) is 32.1 Å². The van der Waals surface area contributed by atoms with Crippen molar-refractivity contribution in [2.24, 2.45) is 0 Å². The molecule has 6 nitrogen and oxygen atoms in total. The van der Waals surface area contributed by atoms with E-state index < -0.39 is 16.1 Å². The fourth-order valence-electron chi connectivity index (χ4n) is 3.95. The van der Waals surface area contributed by atoms with E-state index in [2.05, 4.69) is 4.72 Å². The van der Waals surface area contributed by atoms with Crippen molar-refractivity contribution in [2.75, 3.05) is 0 Å². The molecule has 1 saturated carbocycles. The number of hydrogen-bond donors (Lipinski definition) is 2. The zero-order valence-corrected chi connectivity index (χ0v) is 17.2. The Hall–Kier alpha value is -2.35. The second kappa shape index (κ2) is 7.82. The summed E-state index contributed by atoms with van der Waals surface area (Å²) in [5.74, 6) is 0. The number of hydrogen-bond acceptors (Lipinski definition) is 3. The second-order valence-electron chi connectivity index (χ2n) is 7.31. The maximum Gasteiger partial charge on any atom is 0.416 e. The van der Waals surface area contributed by atoms with Gasteiger partial charge < -0.3 is 5.11 Å². The molecular weight excluding hydrogens is 412 g/mol. The highest BCUT2D eigenvalue weighted by molar-refractivity contribution is 7.89. The predicted octanol–water partition coefficient (Wildman–Crippen LogP) is 5.10. The van der Waals surface area contributed by atoms with E-state index in [4.69, 9.17) is 11.6 Å². The number of benzene rings is 2. The van der Waals surface area contributed by atoms with Crippen molar-refractivity contribution >= 4 is 38.6 Å². The molecule has 1 aliphatic rings. The van der Waals surface area contributed by atoms with Crippen molar-refractivity contribution in [3.05, 3.63) is 53.6 Å². The minimum atomic E-state index is -3.75. The Balaban J connectivity index is 1.72. The highest BCUT2D eigenvalue weighted by Gasteiger charge is 2.25. The van der Waals surface area contributed by atoms with E-state index in [1.807, 2.05) is 12.1 Å². The lowest BCUT2D eigenvalue weighted by atomic mass is 9.96. The van der Waals surface area contributed by atoms with Crippen LogP contribution in [0.3, 0.4) is 0 Å². The molecule has 1 aromatic heterocycles. The van der Waals surface area contributed by atoms with Crippen LogP contribution in [0.4, 0.5) is 4.79 Å². The van der Waals surface area contributed by atoms with E-state index in [0.29, 0.717) is 16.8 Å². The molecular formula is C21H21ClN2O4S. The van der Waals surface area contributed by atoms with E-state index in [9.17, 15) is 18.3 Å². The van der Waals surface area contributed by atoms with E-state index in [1.54, 1.807) is 24.3 Å². The molecule has 29 heavy (non-hydrogen) atoms. The Morgan fingerprint density at radius 1 is 1.07 bits per heavy atom. The first-order valence-corrected chi connectivity index (χ1v) is 11.4. The topological polar surface area (TPSA) is 88.4 Å². The highest BCUT2D eigenvalue weighted by Crippen LogP contribution is 2.32. The molecule has 2 aromatic carbocycles. The van der Waals surface area contributed by atoms with Crippen LogP contribution in [0.15, 0.2) is 53.4 Å². The van der Waals surface area contributed by atoms with Gasteiger partial charge in [-0.2, -0.15) is 0 Å². The van der Waals surface area contributed by atoms with Gasteiger partial charge in [0.2, 0.25) is 10.0 Å². The Kier molecular flexibility index (Phi) is 5.38. The summed E-state index contributed by atoms with van der Waals surface area (Å²) in [7, 11) is -3.75. The molecule has 0 radical (unpaired) electrons. The van der Waals surface area contributed by atoms with Crippen LogP contribution in [0.25, 0.3) is 22.2 Å². The summed E-state index contributed by atoms with van der Waals surface area (Å²) in [5.41, 5.74) is 1.52.